The van der Waals surface area contributed by atoms with Crippen LogP contribution < -0.4 is 14.8 Å². The zero-order chi connectivity index (χ0) is 22.0. The fraction of sp³-hybridized carbons (Fsp3) is 0.619. The summed E-state index contributed by atoms with van der Waals surface area (Å²) in [6, 6.07) is 6.90. The number of carbonyl (C=O) groups is 1. The molecule has 0 heterocycles. The summed E-state index contributed by atoms with van der Waals surface area (Å²) < 4.78 is 33.2. The van der Waals surface area contributed by atoms with Gasteiger partial charge in [0.2, 0.25) is 10.0 Å². The normalized spacial score (nSPS) is 26.0. The number of hydrogen-bond donors (Lipinski definition) is 2. The summed E-state index contributed by atoms with van der Waals surface area (Å²) in [6.45, 7) is 6.53. The molecule has 0 aromatic heterocycles. The van der Waals surface area contributed by atoms with E-state index in [0.29, 0.717) is 36.0 Å². The number of methoxy groups -OCH3 is 1. The molecule has 0 aliphatic heterocycles. The van der Waals surface area contributed by atoms with Crippen molar-refractivity contribution >= 4 is 27.5 Å². The van der Waals surface area contributed by atoms with Crippen molar-refractivity contribution in [2.45, 2.75) is 46.5 Å². The number of ether oxygens (including phenoxy) is 1. The van der Waals surface area contributed by atoms with Gasteiger partial charge in [-0.05, 0) is 49.1 Å². The summed E-state index contributed by atoms with van der Waals surface area (Å²) >= 11 is 0. The van der Waals surface area contributed by atoms with Crippen molar-refractivity contribution in [1.82, 2.24) is 4.72 Å². The third-order valence-electron chi connectivity index (χ3n) is 6.73. The highest BCUT2D eigenvalue weighted by Gasteiger charge is 2.64. The molecule has 3 rings (SSSR count). The average molecular weight is 438 g/mol. The number of hydrogen-bond acceptors (Lipinski definition) is 6. The van der Waals surface area contributed by atoms with E-state index in [9.17, 15) is 13.2 Å². The highest BCUT2D eigenvalue weighted by Crippen LogP contribution is 2.64. The molecule has 1 aromatic carbocycles. The molecule has 1 amide bonds. The van der Waals surface area contributed by atoms with Crippen molar-refractivity contribution in [3.05, 3.63) is 24.3 Å². The van der Waals surface area contributed by atoms with Crippen LogP contribution in [0.15, 0.2) is 29.4 Å². The van der Waals surface area contributed by atoms with Gasteiger partial charge in [0.05, 0.1) is 18.6 Å². The van der Waals surface area contributed by atoms with E-state index in [1.54, 1.807) is 31.4 Å². The molecule has 2 unspecified atom stereocenters. The number of benzene rings is 1. The molecule has 0 saturated heterocycles. The number of oxime groups is 1. The second-order valence-electron chi connectivity index (χ2n) is 8.67. The van der Waals surface area contributed by atoms with Crippen LogP contribution in [-0.4, -0.2) is 39.6 Å². The Morgan fingerprint density at radius 1 is 1.33 bits per heavy atom. The monoisotopic (exact) mass is 437 g/mol. The molecule has 30 heavy (non-hydrogen) atoms. The molecule has 8 nitrogen and oxygen atoms in total. The maximum absolute atomic E-state index is 12.7. The Balaban J connectivity index is 1.76. The molecular weight excluding hydrogens is 406 g/mol. The Labute approximate surface area is 178 Å². The summed E-state index contributed by atoms with van der Waals surface area (Å²) in [7, 11) is -1.93. The summed E-state index contributed by atoms with van der Waals surface area (Å²) in [5.74, 6) is 0.892. The molecule has 2 atom stereocenters. The Hall–Kier alpha value is -2.13. The van der Waals surface area contributed by atoms with Crippen LogP contribution in [0.3, 0.4) is 0 Å². The van der Waals surface area contributed by atoms with Crippen molar-refractivity contribution < 1.29 is 22.8 Å². The van der Waals surface area contributed by atoms with E-state index < -0.39 is 21.5 Å². The van der Waals surface area contributed by atoms with Gasteiger partial charge in [0, 0.05) is 23.7 Å². The Morgan fingerprint density at radius 2 is 2.10 bits per heavy atom. The first kappa shape index (κ1) is 22.6. The van der Waals surface area contributed by atoms with Crippen LogP contribution in [-0.2, 0) is 14.9 Å². The molecule has 1 aromatic rings. The third-order valence-corrected chi connectivity index (χ3v) is 8.25. The highest BCUT2D eigenvalue weighted by atomic mass is 32.2. The summed E-state index contributed by atoms with van der Waals surface area (Å²) in [5, 5.41) is 6.77. The molecule has 9 heteroatoms. The van der Waals surface area contributed by atoms with Crippen LogP contribution in [0.1, 0.15) is 46.5 Å². The topological polar surface area (TPSA) is 106 Å². The number of anilines is 1. The number of nitrogens with zero attached hydrogens (tertiary/aromatic N) is 1. The smallest absolute Gasteiger partial charge is 0.437 e. The van der Waals surface area contributed by atoms with E-state index in [2.05, 4.69) is 29.0 Å². The second kappa shape index (κ2) is 8.55. The maximum Gasteiger partial charge on any atom is 0.437 e. The van der Waals surface area contributed by atoms with Gasteiger partial charge in [0.1, 0.15) is 5.75 Å². The Morgan fingerprint density at radius 3 is 2.77 bits per heavy atom. The van der Waals surface area contributed by atoms with Crippen LogP contribution >= 0.6 is 0 Å². The molecular formula is C21H31N3O5S. The van der Waals surface area contributed by atoms with E-state index in [-0.39, 0.29) is 11.2 Å². The lowest BCUT2D eigenvalue weighted by Crippen LogP contribution is -2.45. The number of nitrogens with one attached hydrogen (secondary N) is 2. The first-order valence-corrected chi connectivity index (χ1v) is 12.0. The second-order valence-corrected chi connectivity index (χ2v) is 10.5. The molecule has 2 saturated carbocycles. The quantitative estimate of drug-likeness (QED) is 0.476. The zero-order valence-electron chi connectivity index (χ0n) is 18.0. The SMILES string of the molecule is CCCNS(=O)(=O)CC12CCC(CC1=NOC(=O)Nc1cccc(OC)c1)C2(C)C. The summed E-state index contributed by atoms with van der Waals surface area (Å²) in [5.41, 5.74) is 0.313. The lowest BCUT2D eigenvalue weighted by Gasteiger charge is -2.37. The number of carbonyl (C=O) groups excluding carboxylic acids is 1. The molecule has 2 aliphatic rings. The molecule has 2 N–H and O–H groups in total. The maximum atomic E-state index is 12.7. The van der Waals surface area contributed by atoms with Gasteiger partial charge in [-0.25, -0.2) is 17.9 Å². The summed E-state index contributed by atoms with van der Waals surface area (Å²) in [6.07, 6.45) is 2.32. The minimum atomic E-state index is -3.47. The fourth-order valence-corrected chi connectivity index (χ4v) is 6.78. The minimum Gasteiger partial charge on any atom is -0.497 e. The van der Waals surface area contributed by atoms with Crippen LogP contribution in [0.25, 0.3) is 0 Å². The first-order valence-electron chi connectivity index (χ1n) is 10.3. The van der Waals surface area contributed by atoms with E-state index in [1.165, 1.54) is 0 Å². The van der Waals surface area contributed by atoms with Crippen molar-refractivity contribution in [2.75, 3.05) is 24.7 Å². The molecule has 2 aliphatic carbocycles. The van der Waals surface area contributed by atoms with E-state index in [4.69, 9.17) is 9.57 Å². The minimum absolute atomic E-state index is 0.0385. The molecule has 0 spiro atoms. The van der Waals surface area contributed by atoms with Gasteiger partial charge in [-0.2, -0.15) is 0 Å². The van der Waals surface area contributed by atoms with Crippen LogP contribution in [0.2, 0.25) is 0 Å². The number of fused-ring (bicyclic) bond motifs is 2. The summed E-state index contributed by atoms with van der Waals surface area (Å²) in [4.78, 5) is 17.4. The molecule has 0 radical (unpaired) electrons. The van der Waals surface area contributed by atoms with Crippen molar-refractivity contribution in [1.29, 1.82) is 0 Å². The van der Waals surface area contributed by atoms with Gasteiger partial charge >= 0.3 is 6.09 Å². The largest absolute Gasteiger partial charge is 0.497 e. The Bertz CT molecular complexity index is 928. The predicted octanol–water partition coefficient (Wildman–Crippen LogP) is 3.76. The lowest BCUT2D eigenvalue weighted by molar-refractivity contribution is 0.160. The van der Waals surface area contributed by atoms with E-state index in [1.807, 2.05) is 6.92 Å². The van der Waals surface area contributed by atoms with Crippen molar-refractivity contribution in [3.63, 3.8) is 0 Å². The average Bonchev–Trinajstić information content (AvgIpc) is 3.05. The molecule has 2 bridgehead atoms. The van der Waals surface area contributed by atoms with Crippen molar-refractivity contribution in [3.8, 4) is 5.75 Å². The van der Waals surface area contributed by atoms with Crippen molar-refractivity contribution in [2.24, 2.45) is 21.9 Å². The first-order chi connectivity index (χ1) is 14.1. The van der Waals surface area contributed by atoms with E-state index >= 15 is 0 Å². The standard InChI is InChI=1S/C21H31N3O5S/c1-5-11-22-30(26,27)14-21-10-9-15(20(21,2)3)12-18(21)24-29-19(25)23-16-7-6-8-17(13-16)28-4/h6-8,13,15,22H,5,9-12,14H2,1-4H3,(H,23,25). The fourth-order valence-electron chi connectivity index (χ4n) is 4.83. The van der Waals surface area contributed by atoms with Gasteiger partial charge in [-0.1, -0.05) is 32.0 Å². The predicted molar refractivity (Wildman–Crippen MR) is 116 cm³/mol. The van der Waals surface area contributed by atoms with Crippen LogP contribution in [0, 0.1) is 16.7 Å². The lowest BCUT2D eigenvalue weighted by atomic mass is 9.70. The number of rotatable bonds is 8. The Kier molecular flexibility index (Phi) is 6.43. The number of sulfonamides is 1. The van der Waals surface area contributed by atoms with Gasteiger partial charge in [-0.3, -0.25) is 10.2 Å². The molecule has 2 fully saturated rings. The van der Waals surface area contributed by atoms with Crippen LogP contribution in [0.5, 0.6) is 5.75 Å². The highest BCUT2D eigenvalue weighted by molar-refractivity contribution is 7.89. The van der Waals surface area contributed by atoms with Gasteiger partial charge in [0.25, 0.3) is 0 Å². The van der Waals surface area contributed by atoms with Crippen LogP contribution in [0.4, 0.5) is 10.5 Å². The van der Waals surface area contributed by atoms with Gasteiger partial charge in [0.15, 0.2) is 0 Å². The zero-order valence-corrected chi connectivity index (χ0v) is 18.8. The third kappa shape index (κ3) is 4.32. The van der Waals surface area contributed by atoms with E-state index in [0.717, 1.165) is 19.3 Å². The van der Waals surface area contributed by atoms with Gasteiger partial charge in [-0.15, -0.1) is 0 Å². The number of amides is 1. The van der Waals surface area contributed by atoms with Gasteiger partial charge < -0.3 is 4.74 Å². The molecule has 166 valence electrons.